The molecule has 0 aliphatic carbocycles. The van der Waals surface area contributed by atoms with Gasteiger partial charge in [0.05, 0.1) is 23.1 Å². The van der Waals surface area contributed by atoms with Gasteiger partial charge >= 0.3 is 24.1 Å². The fraction of sp³-hybridized carbons (Fsp3) is 0.250. The Balaban J connectivity index is 2.30. The van der Waals surface area contributed by atoms with E-state index in [0.717, 1.165) is 24.3 Å². The number of alkyl halides is 3. The number of halogens is 3. The second-order valence-corrected chi connectivity index (χ2v) is 6.54. The van der Waals surface area contributed by atoms with Crippen molar-refractivity contribution in [3.63, 3.8) is 0 Å². The van der Waals surface area contributed by atoms with Crippen LogP contribution in [-0.4, -0.2) is 44.7 Å². The summed E-state index contributed by atoms with van der Waals surface area (Å²) in [6.07, 6.45) is -4.80. The molecule has 0 fully saturated rings. The molecule has 2 rings (SSSR count). The van der Waals surface area contributed by atoms with Gasteiger partial charge in [0.25, 0.3) is 0 Å². The van der Waals surface area contributed by atoms with Crippen LogP contribution in [0.3, 0.4) is 0 Å². The van der Waals surface area contributed by atoms with E-state index in [-0.39, 0.29) is 26.1 Å². The number of nitrogens with zero attached hydrogens (tertiary/aromatic N) is 1. The smallest absolute Gasteiger partial charge is 0.416 e. The number of carboxylic acids is 3. The van der Waals surface area contributed by atoms with E-state index in [2.05, 4.69) is 0 Å². The third kappa shape index (κ3) is 6.31. The van der Waals surface area contributed by atoms with E-state index in [0.29, 0.717) is 11.1 Å². The largest absolute Gasteiger partial charge is 0.481 e. The van der Waals surface area contributed by atoms with Crippen molar-refractivity contribution < 1.29 is 42.9 Å². The zero-order valence-corrected chi connectivity index (χ0v) is 15.5. The summed E-state index contributed by atoms with van der Waals surface area (Å²) < 4.78 is 38.8. The summed E-state index contributed by atoms with van der Waals surface area (Å²) in [5, 5.41) is 27.3. The lowest BCUT2D eigenvalue weighted by Crippen LogP contribution is -2.26. The molecule has 160 valence electrons. The second kappa shape index (κ2) is 9.40. The van der Waals surface area contributed by atoms with Crippen LogP contribution in [-0.2, 0) is 24.1 Å². The summed E-state index contributed by atoms with van der Waals surface area (Å²) in [4.78, 5) is 35.0. The number of aliphatic carboxylic acids is 1. The SMILES string of the molecule is O=C(O)CCN(Cc1cccc(C(F)(F)F)c1)Cc1ccc(C(=O)O)c(C(=O)O)c1. The van der Waals surface area contributed by atoms with Gasteiger partial charge in [-0.15, -0.1) is 0 Å². The zero-order valence-electron chi connectivity index (χ0n) is 15.5. The topological polar surface area (TPSA) is 115 Å². The molecule has 0 spiro atoms. The summed E-state index contributed by atoms with van der Waals surface area (Å²) in [7, 11) is 0. The minimum Gasteiger partial charge on any atom is -0.481 e. The number of benzene rings is 2. The molecule has 0 atom stereocenters. The summed E-state index contributed by atoms with van der Waals surface area (Å²) in [5.74, 6) is -3.95. The summed E-state index contributed by atoms with van der Waals surface area (Å²) in [6, 6.07) is 8.28. The van der Waals surface area contributed by atoms with E-state index in [4.69, 9.17) is 10.2 Å². The van der Waals surface area contributed by atoms with Gasteiger partial charge in [-0.2, -0.15) is 13.2 Å². The van der Waals surface area contributed by atoms with E-state index in [1.165, 1.54) is 18.2 Å². The van der Waals surface area contributed by atoms with Crippen LogP contribution in [0, 0.1) is 0 Å². The number of carboxylic acid groups (broad SMARTS) is 3. The molecule has 0 amide bonds. The standard InChI is InChI=1S/C20H18F3NO6/c21-20(22,23)14-3-1-2-12(8-14)10-24(7-6-17(25)26)11-13-4-5-15(18(27)28)16(9-13)19(29)30/h1-5,8-9H,6-7,10-11H2,(H,25,26)(H,27,28)(H,29,30). The molecule has 0 heterocycles. The monoisotopic (exact) mass is 425 g/mol. The predicted octanol–water partition coefficient (Wildman–Crippen LogP) is 3.58. The highest BCUT2D eigenvalue weighted by Crippen LogP contribution is 2.30. The highest BCUT2D eigenvalue weighted by molar-refractivity contribution is 6.01. The lowest BCUT2D eigenvalue weighted by molar-refractivity contribution is -0.138. The van der Waals surface area contributed by atoms with Gasteiger partial charge in [0.1, 0.15) is 0 Å². The van der Waals surface area contributed by atoms with Crippen LogP contribution >= 0.6 is 0 Å². The van der Waals surface area contributed by atoms with Gasteiger partial charge in [-0.3, -0.25) is 9.69 Å². The molecule has 0 radical (unpaired) electrons. The predicted molar refractivity (Wildman–Crippen MR) is 98.2 cm³/mol. The van der Waals surface area contributed by atoms with Crippen molar-refractivity contribution in [2.45, 2.75) is 25.7 Å². The first kappa shape index (κ1) is 22.9. The highest BCUT2D eigenvalue weighted by Gasteiger charge is 2.30. The quantitative estimate of drug-likeness (QED) is 0.563. The highest BCUT2D eigenvalue weighted by atomic mass is 19.4. The van der Waals surface area contributed by atoms with Crippen LogP contribution in [0.15, 0.2) is 42.5 Å². The molecule has 3 N–H and O–H groups in total. The lowest BCUT2D eigenvalue weighted by atomic mass is 10.0. The molecule has 30 heavy (non-hydrogen) atoms. The summed E-state index contributed by atoms with van der Waals surface area (Å²) in [6.45, 7) is -0.00133. The average Bonchev–Trinajstić information content (AvgIpc) is 2.65. The molecular weight excluding hydrogens is 407 g/mol. The maximum absolute atomic E-state index is 12.9. The van der Waals surface area contributed by atoms with Crippen molar-refractivity contribution in [3.05, 3.63) is 70.3 Å². The first-order chi connectivity index (χ1) is 14.0. The van der Waals surface area contributed by atoms with E-state index in [1.54, 1.807) is 4.90 Å². The van der Waals surface area contributed by atoms with Crippen molar-refractivity contribution in [1.29, 1.82) is 0 Å². The molecule has 0 saturated heterocycles. The fourth-order valence-electron chi connectivity index (χ4n) is 2.88. The van der Waals surface area contributed by atoms with Crippen LogP contribution in [0.4, 0.5) is 13.2 Å². The van der Waals surface area contributed by atoms with Crippen LogP contribution in [0.25, 0.3) is 0 Å². The maximum atomic E-state index is 12.9. The molecule has 2 aromatic rings. The Kier molecular flexibility index (Phi) is 7.17. The third-order valence-electron chi connectivity index (χ3n) is 4.25. The molecule has 0 unspecified atom stereocenters. The van der Waals surface area contributed by atoms with Crippen molar-refractivity contribution in [2.24, 2.45) is 0 Å². The average molecular weight is 425 g/mol. The second-order valence-electron chi connectivity index (χ2n) is 6.54. The van der Waals surface area contributed by atoms with Gasteiger partial charge in [-0.1, -0.05) is 24.3 Å². The van der Waals surface area contributed by atoms with Crippen molar-refractivity contribution in [1.82, 2.24) is 4.90 Å². The van der Waals surface area contributed by atoms with E-state index in [1.807, 2.05) is 0 Å². The molecule has 7 nitrogen and oxygen atoms in total. The van der Waals surface area contributed by atoms with Crippen molar-refractivity contribution >= 4 is 17.9 Å². The van der Waals surface area contributed by atoms with Gasteiger partial charge in [-0.05, 0) is 29.3 Å². The zero-order chi connectivity index (χ0) is 22.5. The minimum absolute atomic E-state index is 0.00529. The van der Waals surface area contributed by atoms with Crippen LogP contribution < -0.4 is 0 Å². The van der Waals surface area contributed by atoms with Crippen molar-refractivity contribution in [3.8, 4) is 0 Å². The van der Waals surface area contributed by atoms with Crippen LogP contribution in [0.5, 0.6) is 0 Å². The molecule has 0 bridgehead atoms. The number of hydrogen-bond donors (Lipinski definition) is 3. The fourth-order valence-corrected chi connectivity index (χ4v) is 2.88. The maximum Gasteiger partial charge on any atom is 0.416 e. The Labute approximate surface area is 169 Å². The van der Waals surface area contributed by atoms with Gasteiger partial charge in [0, 0.05) is 19.6 Å². The van der Waals surface area contributed by atoms with Crippen LogP contribution in [0.1, 0.15) is 43.8 Å². The Hall–Kier alpha value is -3.40. The number of rotatable bonds is 9. The van der Waals surface area contributed by atoms with Crippen LogP contribution in [0.2, 0.25) is 0 Å². The van der Waals surface area contributed by atoms with E-state index in [9.17, 15) is 32.7 Å². The molecule has 0 aliphatic heterocycles. The molecule has 0 aromatic heterocycles. The first-order valence-electron chi connectivity index (χ1n) is 8.67. The van der Waals surface area contributed by atoms with Crippen molar-refractivity contribution in [2.75, 3.05) is 6.54 Å². The molecule has 10 heteroatoms. The van der Waals surface area contributed by atoms with Gasteiger partial charge < -0.3 is 15.3 Å². The normalized spacial score (nSPS) is 11.5. The number of hydrogen-bond acceptors (Lipinski definition) is 4. The molecular formula is C20H18F3NO6. The summed E-state index contributed by atoms with van der Waals surface area (Å²) >= 11 is 0. The minimum atomic E-state index is -4.52. The molecule has 2 aromatic carbocycles. The third-order valence-corrected chi connectivity index (χ3v) is 4.25. The van der Waals surface area contributed by atoms with E-state index < -0.39 is 40.8 Å². The summed E-state index contributed by atoms with van der Waals surface area (Å²) in [5.41, 5.74) is -0.985. The number of carbonyl (C=O) groups is 3. The van der Waals surface area contributed by atoms with Gasteiger partial charge in [-0.25, -0.2) is 9.59 Å². The first-order valence-corrected chi connectivity index (χ1v) is 8.67. The Morgan fingerprint density at radius 1 is 0.833 bits per heavy atom. The van der Waals surface area contributed by atoms with Gasteiger partial charge in [0.15, 0.2) is 0 Å². The van der Waals surface area contributed by atoms with Gasteiger partial charge in [0.2, 0.25) is 0 Å². The number of aromatic carboxylic acids is 2. The molecule has 0 saturated carbocycles. The van der Waals surface area contributed by atoms with E-state index >= 15 is 0 Å². The molecule has 0 aliphatic rings. The Morgan fingerprint density at radius 2 is 1.43 bits per heavy atom. The Bertz CT molecular complexity index is 958. The lowest BCUT2D eigenvalue weighted by Gasteiger charge is -2.23. The Morgan fingerprint density at radius 3 is 1.97 bits per heavy atom.